The molecule has 1 heterocycles. The van der Waals surface area contributed by atoms with Crippen LogP contribution in [0.15, 0.2) is 4.40 Å². The van der Waals surface area contributed by atoms with Gasteiger partial charge < -0.3 is 4.74 Å². The van der Waals surface area contributed by atoms with E-state index in [1.165, 1.54) is 0 Å². The highest BCUT2D eigenvalue weighted by Gasteiger charge is 2.19. The van der Waals surface area contributed by atoms with E-state index < -0.39 is 11.0 Å². The van der Waals surface area contributed by atoms with Gasteiger partial charge in [-0.25, -0.2) is 4.21 Å². The van der Waals surface area contributed by atoms with Gasteiger partial charge in [-0.1, -0.05) is 0 Å². The number of rotatable bonds is 2. The Morgan fingerprint density at radius 2 is 2.23 bits per heavy atom. The fourth-order valence-electron chi connectivity index (χ4n) is 0.970. The first kappa shape index (κ1) is 10.9. The van der Waals surface area contributed by atoms with Crippen molar-refractivity contribution in [1.29, 1.82) is 0 Å². The van der Waals surface area contributed by atoms with Crippen LogP contribution in [0.2, 0.25) is 0 Å². The maximum absolute atomic E-state index is 11.5. The van der Waals surface area contributed by atoms with Crippen LogP contribution in [0, 0.1) is 5.92 Å². The summed E-state index contributed by atoms with van der Waals surface area (Å²) in [6.07, 6.45) is 2.79. The molecule has 4 heteroatoms. The Bertz CT molecular complexity index is 214. The molecular weight excluding hydrogens is 186 g/mol. The van der Waals surface area contributed by atoms with Gasteiger partial charge in [-0.3, -0.25) is 0 Å². The van der Waals surface area contributed by atoms with Crippen LogP contribution in [0.25, 0.3) is 0 Å². The first-order valence-corrected chi connectivity index (χ1v) is 5.65. The molecule has 0 radical (unpaired) electrons. The van der Waals surface area contributed by atoms with Gasteiger partial charge in [0.25, 0.3) is 0 Å². The summed E-state index contributed by atoms with van der Waals surface area (Å²) < 4.78 is 20.5. The SMILES string of the molecule is CC(C)(C)S(=O)/N=C/[C@@H]1CCOC1. The molecule has 1 rings (SSSR count). The maximum Gasteiger partial charge on any atom is 0.144 e. The van der Waals surface area contributed by atoms with Gasteiger partial charge in [0.05, 0.1) is 11.4 Å². The van der Waals surface area contributed by atoms with Crippen LogP contribution in [-0.4, -0.2) is 28.4 Å². The van der Waals surface area contributed by atoms with Crippen molar-refractivity contribution in [3.63, 3.8) is 0 Å². The highest BCUT2D eigenvalue weighted by atomic mass is 32.2. The van der Waals surface area contributed by atoms with Crippen LogP contribution in [0.3, 0.4) is 0 Å². The molecule has 1 aliphatic heterocycles. The molecule has 0 aromatic carbocycles. The topological polar surface area (TPSA) is 38.7 Å². The zero-order chi connectivity index (χ0) is 9.90. The molecular formula is C9H17NO2S. The quantitative estimate of drug-likeness (QED) is 0.639. The van der Waals surface area contributed by atoms with Gasteiger partial charge in [-0.05, 0) is 27.2 Å². The summed E-state index contributed by atoms with van der Waals surface area (Å²) in [4.78, 5) is 0. The third-order valence-corrected chi connectivity index (χ3v) is 3.22. The minimum absolute atomic E-state index is 0.254. The third kappa shape index (κ3) is 3.56. The summed E-state index contributed by atoms with van der Waals surface area (Å²) in [5, 5.41) is 0. The molecule has 3 nitrogen and oxygen atoms in total. The van der Waals surface area contributed by atoms with Crippen LogP contribution < -0.4 is 0 Å². The van der Waals surface area contributed by atoms with Gasteiger partial charge >= 0.3 is 0 Å². The van der Waals surface area contributed by atoms with Crippen LogP contribution in [-0.2, 0) is 15.7 Å². The first-order chi connectivity index (χ1) is 6.00. The lowest BCUT2D eigenvalue weighted by molar-refractivity contribution is 0.193. The highest BCUT2D eigenvalue weighted by Crippen LogP contribution is 2.14. The summed E-state index contributed by atoms with van der Waals surface area (Å²) in [5.74, 6) is 0.367. The van der Waals surface area contributed by atoms with E-state index in [9.17, 15) is 4.21 Å². The predicted molar refractivity (Wildman–Crippen MR) is 55.3 cm³/mol. The molecule has 0 aliphatic carbocycles. The second-order valence-corrected chi connectivity index (χ2v) is 6.17. The summed E-state index contributed by atoms with van der Waals surface area (Å²) in [6, 6.07) is 0. The van der Waals surface area contributed by atoms with Crippen LogP contribution >= 0.6 is 0 Å². The fourth-order valence-corrected chi connectivity index (χ4v) is 1.57. The maximum atomic E-state index is 11.5. The van der Waals surface area contributed by atoms with Gasteiger partial charge in [0, 0.05) is 18.7 Å². The van der Waals surface area contributed by atoms with E-state index in [1.807, 2.05) is 20.8 Å². The van der Waals surface area contributed by atoms with Gasteiger partial charge in [-0.2, -0.15) is 4.40 Å². The first-order valence-electron chi connectivity index (χ1n) is 4.54. The van der Waals surface area contributed by atoms with E-state index in [2.05, 4.69) is 4.40 Å². The number of hydrogen-bond acceptors (Lipinski definition) is 2. The second kappa shape index (κ2) is 4.33. The van der Waals surface area contributed by atoms with E-state index in [0.717, 1.165) is 19.6 Å². The summed E-state index contributed by atoms with van der Waals surface area (Å²) >= 11 is 0. The highest BCUT2D eigenvalue weighted by molar-refractivity contribution is 7.85. The predicted octanol–water partition coefficient (Wildman–Crippen LogP) is 1.56. The van der Waals surface area contributed by atoms with Crippen molar-refractivity contribution in [1.82, 2.24) is 0 Å². The standard InChI is InChI=1S/C9H17NO2S/c1-9(2,3)13(11)10-6-8-4-5-12-7-8/h6,8H,4-5,7H2,1-3H3/b10-6+/t8-,13?/m0/s1. The molecule has 0 saturated carbocycles. The van der Waals surface area contributed by atoms with E-state index in [0.29, 0.717) is 5.92 Å². The molecule has 0 amide bonds. The van der Waals surface area contributed by atoms with Gasteiger partial charge in [0.1, 0.15) is 11.0 Å². The van der Waals surface area contributed by atoms with Crippen molar-refractivity contribution in [3.8, 4) is 0 Å². The van der Waals surface area contributed by atoms with Crippen molar-refractivity contribution >= 4 is 17.2 Å². The molecule has 0 aromatic rings. The summed E-state index contributed by atoms with van der Waals surface area (Å²) in [5.41, 5.74) is 0. The zero-order valence-electron chi connectivity index (χ0n) is 8.45. The Kier molecular flexibility index (Phi) is 3.62. The normalized spacial score (nSPS) is 26.8. The molecule has 0 aromatic heterocycles. The monoisotopic (exact) mass is 203 g/mol. The fraction of sp³-hybridized carbons (Fsp3) is 0.889. The van der Waals surface area contributed by atoms with Crippen molar-refractivity contribution < 1.29 is 8.95 Å². The van der Waals surface area contributed by atoms with Crippen molar-refractivity contribution in [3.05, 3.63) is 0 Å². The summed E-state index contributed by atoms with van der Waals surface area (Å²) in [6.45, 7) is 7.30. The van der Waals surface area contributed by atoms with Gasteiger partial charge in [-0.15, -0.1) is 0 Å². The van der Waals surface area contributed by atoms with E-state index >= 15 is 0 Å². The molecule has 0 bridgehead atoms. The molecule has 1 saturated heterocycles. The zero-order valence-corrected chi connectivity index (χ0v) is 9.26. The number of nitrogens with zero attached hydrogens (tertiary/aromatic N) is 1. The van der Waals surface area contributed by atoms with Crippen molar-refractivity contribution in [2.75, 3.05) is 13.2 Å². The molecule has 76 valence electrons. The van der Waals surface area contributed by atoms with Crippen LogP contribution in [0.5, 0.6) is 0 Å². The Balaban J connectivity index is 2.43. The number of ether oxygens (including phenoxy) is 1. The Morgan fingerprint density at radius 1 is 1.54 bits per heavy atom. The van der Waals surface area contributed by atoms with Gasteiger partial charge in [0.2, 0.25) is 0 Å². The lowest BCUT2D eigenvalue weighted by atomic mass is 10.1. The molecule has 13 heavy (non-hydrogen) atoms. The van der Waals surface area contributed by atoms with Crippen LogP contribution in [0.1, 0.15) is 27.2 Å². The average molecular weight is 203 g/mol. The second-order valence-electron chi connectivity index (χ2n) is 4.24. The van der Waals surface area contributed by atoms with E-state index in [-0.39, 0.29) is 4.75 Å². The average Bonchev–Trinajstić information content (AvgIpc) is 2.50. The minimum atomic E-state index is -1.12. The van der Waals surface area contributed by atoms with E-state index in [1.54, 1.807) is 6.21 Å². The molecule has 2 atom stereocenters. The summed E-state index contributed by atoms with van der Waals surface area (Å²) in [7, 11) is -1.12. The smallest absolute Gasteiger partial charge is 0.144 e. The molecule has 1 unspecified atom stereocenters. The van der Waals surface area contributed by atoms with Gasteiger partial charge in [0.15, 0.2) is 0 Å². The van der Waals surface area contributed by atoms with Crippen molar-refractivity contribution in [2.24, 2.45) is 10.3 Å². The van der Waals surface area contributed by atoms with Crippen LogP contribution in [0.4, 0.5) is 0 Å². The number of hydrogen-bond donors (Lipinski definition) is 0. The van der Waals surface area contributed by atoms with E-state index in [4.69, 9.17) is 4.74 Å². The Morgan fingerprint density at radius 3 is 2.69 bits per heavy atom. The Labute approximate surface area is 82.2 Å². The molecule has 0 spiro atoms. The molecule has 1 aliphatic rings. The Hall–Kier alpha value is -0.220. The lowest BCUT2D eigenvalue weighted by Crippen LogP contribution is -2.20. The third-order valence-electron chi connectivity index (χ3n) is 1.86. The molecule has 0 N–H and O–H groups in total. The molecule has 1 fully saturated rings. The minimum Gasteiger partial charge on any atom is -0.381 e. The largest absolute Gasteiger partial charge is 0.381 e. The van der Waals surface area contributed by atoms with Crippen molar-refractivity contribution in [2.45, 2.75) is 31.9 Å². The lowest BCUT2D eigenvalue weighted by Gasteiger charge is -2.13.